The summed E-state index contributed by atoms with van der Waals surface area (Å²) in [7, 11) is 0. The second kappa shape index (κ2) is 5.32. The zero-order valence-corrected chi connectivity index (χ0v) is 10.6. The summed E-state index contributed by atoms with van der Waals surface area (Å²) in [5, 5.41) is 18.7. The predicted molar refractivity (Wildman–Crippen MR) is 67.5 cm³/mol. The minimum atomic E-state index is -1.10. The van der Waals surface area contributed by atoms with Crippen LogP contribution in [0.25, 0.3) is 0 Å². The Hall–Kier alpha value is -1.01. The number of aliphatic hydroxyl groups is 2. The molecule has 18 heavy (non-hydrogen) atoms. The third kappa shape index (κ3) is 2.70. The zero-order chi connectivity index (χ0) is 13.3. The largest absolute Gasteiger partial charge is 0.462 e. The molecule has 0 amide bonds. The van der Waals surface area contributed by atoms with E-state index in [0.29, 0.717) is 11.4 Å². The van der Waals surface area contributed by atoms with Crippen molar-refractivity contribution in [1.29, 1.82) is 0 Å². The number of hydrogen-bond donors (Lipinski definition) is 3. The fourth-order valence-corrected chi connectivity index (χ4v) is 2.09. The average molecular weight is 274 g/mol. The van der Waals surface area contributed by atoms with E-state index in [1.54, 1.807) is 31.2 Å². The Morgan fingerprint density at radius 3 is 2.44 bits per heavy atom. The van der Waals surface area contributed by atoms with Crippen molar-refractivity contribution < 1.29 is 19.7 Å². The molecular formula is C12H16ClNO4. The van der Waals surface area contributed by atoms with Gasteiger partial charge in [-0.05, 0) is 31.2 Å². The fourth-order valence-electron chi connectivity index (χ4n) is 1.76. The van der Waals surface area contributed by atoms with Gasteiger partial charge in [-0.15, -0.1) is 11.6 Å². The van der Waals surface area contributed by atoms with Gasteiger partial charge in [-0.2, -0.15) is 0 Å². The first-order valence-electron chi connectivity index (χ1n) is 5.67. The Balaban J connectivity index is 2.06. The lowest BCUT2D eigenvalue weighted by atomic mass is 10.0. The van der Waals surface area contributed by atoms with Gasteiger partial charge in [-0.3, -0.25) is 0 Å². The number of ether oxygens (including phenoxy) is 2. The fraction of sp³-hybridized carbons (Fsp3) is 0.500. The van der Waals surface area contributed by atoms with Gasteiger partial charge in [0.2, 0.25) is 6.29 Å². The minimum absolute atomic E-state index is 0.505. The van der Waals surface area contributed by atoms with Gasteiger partial charge in [0, 0.05) is 5.69 Å². The van der Waals surface area contributed by atoms with Gasteiger partial charge >= 0.3 is 0 Å². The highest BCUT2D eigenvalue weighted by Gasteiger charge is 2.42. The maximum atomic E-state index is 9.87. The van der Waals surface area contributed by atoms with E-state index in [4.69, 9.17) is 26.8 Å². The molecule has 1 aromatic rings. The number of alkyl halides is 1. The van der Waals surface area contributed by atoms with Crippen LogP contribution in [0.4, 0.5) is 5.69 Å². The first-order chi connectivity index (χ1) is 8.49. The van der Waals surface area contributed by atoms with E-state index in [2.05, 4.69) is 0 Å². The minimum Gasteiger partial charge on any atom is -0.462 e. The molecule has 1 aliphatic heterocycles. The quantitative estimate of drug-likeness (QED) is 0.546. The van der Waals surface area contributed by atoms with Gasteiger partial charge in [-0.25, -0.2) is 0 Å². The summed E-state index contributed by atoms with van der Waals surface area (Å²) in [6.07, 6.45) is -3.44. The SMILES string of the molecule is C[C@@H]1O[C@H](Oc2ccc(N)cc2)[C@@H](O)[C@@H](Cl)[C@@H]1O. The van der Waals surface area contributed by atoms with Crippen molar-refractivity contribution in [3.63, 3.8) is 0 Å². The van der Waals surface area contributed by atoms with Crippen LogP contribution in [0, 0.1) is 0 Å². The van der Waals surface area contributed by atoms with E-state index in [-0.39, 0.29) is 0 Å². The summed E-state index contributed by atoms with van der Waals surface area (Å²) in [6, 6.07) is 6.71. The molecule has 0 aliphatic carbocycles. The van der Waals surface area contributed by atoms with Gasteiger partial charge in [0.25, 0.3) is 0 Å². The lowest BCUT2D eigenvalue weighted by Crippen LogP contribution is -2.56. The number of nitrogens with two attached hydrogens (primary N) is 1. The van der Waals surface area contributed by atoms with Gasteiger partial charge in [0.05, 0.1) is 17.6 Å². The molecule has 4 N–H and O–H groups in total. The number of benzene rings is 1. The van der Waals surface area contributed by atoms with Crippen molar-refractivity contribution >= 4 is 17.3 Å². The number of aliphatic hydroxyl groups excluding tert-OH is 2. The molecule has 1 heterocycles. The number of halogens is 1. The zero-order valence-electron chi connectivity index (χ0n) is 9.86. The van der Waals surface area contributed by atoms with E-state index >= 15 is 0 Å². The van der Waals surface area contributed by atoms with Gasteiger partial charge in [0.1, 0.15) is 11.9 Å². The highest BCUT2D eigenvalue weighted by Crippen LogP contribution is 2.27. The lowest BCUT2D eigenvalue weighted by Gasteiger charge is -2.38. The molecule has 1 fully saturated rings. The third-order valence-electron chi connectivity index (χ3n) is 2.89. The lowest BCUT2D eigenvalue weighted by molar-refractivity contribution is -0.226. The third-order valence-corrected chi connectivity index (χ3v) is 3.41. The van der Waals surface area contributed by atoms with Gasteiger partial charge in [0.15, 0.2) is 0 Å². The number of nitrogen functional groups attached to an aromatic ring is 1. The molecule has 0 radical (unpaired) electrons. The molecule has 100 valence electrons. The summed E-state index contributed by atoms with van der Waals surface area (Å²) in [4.78, 5) is 0. The standard InChI is InChI=1S/C12H16ClNO4/c1-6-10(15)9(13)11(16)12(17-6)18-8-4-2-7(14)3-5-8/h2-6,9-12,15-16H,14H2,1H3/t6-,9-,10+,11-,12+/m0/s1. The van der Waals surface area contributed by atoms with Crippen molar-refractivity contribution in [2.24, 2.45) is 0 Å². The molecule has 6 heteroatoms. The van der Waals surface area contributed by atoms with Crippen molar-refractivity contribution in [2.45, 2.75) is 36.9 Å². The summed E-state index contributed by atoms with van der Waals surface area (Å²) in [5.41, 5.74) is 6.18. The summed E-state index contributed by atoms with van der Waals surface area (Å²) in [6.45, 7) is 1.67. The Labute approximate surface area is 110 Å². The molecule has 1 aliphatic rings. The van der Waals surface area contributed by atoms with Gasteiger partial charge < -0.3 is 25.4 Å². The molecule has 0 bridgehead atoms. The maximum absolute atomic E-state index is 9.87. The van der Waals surface area contributed by atoms with E-state index < -0.39 is 30.0 Å². The summed E-state index contributed by atoms with van der Waals surface area (Å²) in [5.74, 6) is 0.515. The van der Waals surface area contributed by atoms with E-state index in [9.17, 15) is 10.2 Å². The first kappa shape index (κ1) is 13.4. The first-order valence-corrected chi connectivity index (χ1v) is 6.10. The summed E-state index contributed by atoms with van der Waals surface area (Å²) >= 11 is 5.92. The summed E-state index contributed by atoms with van der Waals surface area (Å²) < 4.78 is 10.9. The van der Waals surface area contributed by atoms with E-state index in [1.165, 1.54) is 0 Å². The van der Waals surface area contributed by atoms with Crippen LogP contribution in [-0.2, 0) is 4.74 Å². The van der Waals surface area contributed by atoms with Crippen molar-refractivity contribution in [1.82, 2.24) is 0 Å². The van der Waals surface area contributed by atoms with E-state index in [0.717, 1.165) is 0 Å². The van der Waals surface area contributed by atoms with Gasteiger partial charge in [-0.1, -0.05) is 0 Å². The molecule has 1 saturated heterocycles. The predicted octanol–water partition coefficient (Wildman–Crippen LogP) is 0.722. The van der Waals surface area contributed by atoms with Crippen LogP contribution >= 0.6 is 11.6 Å². The van der Waals surface area contributed by atoms with Crippen LogP contribution in [-0.4, -0.2) is 40.2 Å². The Bertz CT molecular complexity index is 400. The molecule has 5 nitrogen and oxygen atoms in total. The number of hydrogen-bond acceptors (Lipinski definition) is 5. The van der Waals surface area contributed by atoms with Crippen LogP contribution in [0.2, 0.25) is 0 Å². The average Bonchev–Trinajstić information content (AvgIpc) is 2.36. The normalized spacial score (nSPS) is 36.3. The second-order valence-corrected chi connectivity index (χ2v) is 4.83. The van der Waals surface area contributed by atoms with Crippen molar-refractivity contribution in [3.05, 3.63) is 24.3 Å². The molecule has 0 saturated carbocycles. The van der Waals surface area contributed by atoms with Crippen LogP contribution in [0.3, 0.4) is 0 Å². The highest BCUT2D eigenvalue weighted by atomic mass is 35.5. The topological polar surface area (TPSA) is 84.9 Å². The Morgan fingerprint density at radius 1 is 1.22 bits per heavy atom. The van der Waals surface area contributed by atoms with Crippen LogP contribution in [0.1, 0.15) is 6.92 Å². The van der Waals surface area contributed by atoms with Crippen LogP contribution in [0.5, 0.6) is 5.75 Å². The molecule has 0 aromatic heterocycles. The maximum Gasteiger partial charge on any atom is 0.228 e. The van der Waals surface area contributed by atoms with Crippen molar-refractivity contribution in [3.8, 4) is 5.75 Å². The van der Waals surface area contributed by atoms with Crippen LogP contribution < -0.4 is 10.5 Å². The molecule has 5 atom stereocenters. The molecule has 0 spiro atoms. The van der Waals surface area contributed by atoms with Crippen molar-refractivity contribution in [2.75, 3.05) is 5.73 Å². The Morgan fingerprint density at radius 2 is 1.83 bits per heavy atom. The highest BCUT2D eigenvalue weighted by molar-refractivity contribution is 6.21. The number of rotatable bonds is 2. The number of anilines is 1. The molecule has 2 rings (SSSR count). The second-order valence-electron chi connectivity index (χ2n) is 4.32. The molecule has 0 unspecified atom stereocenters. The van der Waals surface area contributed by atoms with Crippen LogP contribution in [0.15, 0.2) is 24.3 Å². The molecule has 1 aromatic carbocycles. The molecular weight excluding hydrogens is 258 g/mol. The Kier molecular flexibility index (Phi) is 3.97. The monoisotopic (exact) mass is 273 g/mol. The van der Waals surface area contributed by atoms with E-state index in [1.807, 2.05) is 0 Å². The smallest absolute Gasteiger partial charge is 0.228 e.